The van der Waals surface area contributed by atoms with Crippen LogP contribution in [0.15, 0.2) is 53.7 Å². The molecule has 0 saturated carbocycles. The summed E-state index contributed by atoms with van der Waals surface area (Å²) in [4.78, 5) is 16.9. The Morgan fingerprint density at radius 2 is 2.07 bits per heavy atom. The van der Waals surface area contributed by atoms with E-state index < -0.39 is 0 Å². The molecule has 3 aromatic rings. The van der Waals surface area contributed by atoms with E-state index in [1.165, 1.54) is 22.9 Å². The standard InChI is InChI=1S/C21H22N4O2S/c1-27-16-11-9-15(10-12-16)20-23-21(25-24-20)28-13-19(26)22-18-8-4-6-14-5-2-3-7-17(14)18/h2-3,5,7,9-12,18H,4,6,8,13H2,1H3,(H,22,26)(H,23,24,25)/t18-/m0/s1. The van der Waals surface area contributed by atoms with Crippen LogP contribution in [0.25, 0.3) is 11.4 Å². The molecule has 1 amide bonds. The van der Waals surface area contributed by atoms with Gasteiger partial charge in [0.15, 0.2) is 5.82 Å². The number of hydrogen-bond acceptors (Lipinski definition) is 5. The molecule has 0 unspecified atom stereocenters. The maximum absolute atomic E-state index is 12.4. The van der Waals surface area contributed by atoms with Crippen LogP contribution < -0.4 is 10.1 Å². The van der Waals surface area contributed by atoms with Crippen molar-refractivity contribution in [2.24, 2.45) is 0 Å². The number of ether oxygens (including phenoxy) is 1. The third-order valence-corrected chi connectivity index (χ3v) is 5.71. The molecule has 2 N–H and O–H groups in total. The molecule has 1 aliphatic rings. The monoisotopic (exact) mass is 394 g/mol. The van der Waals surface area contributed by atoms with Crippen LogP contribution in [0.3, 0.4) is 0 Å². The van der Waals surface area contributed by atoms with Crippen molar-refractivity contribution in [1.29, 1.82) is 0 Å². The predicted octanol–water partition coefficient (Wildman–Crippen LogP) is 3.77. The van der Waals surface area contributed by atoms with Crippen LogP contribution >= 0.6 is 11.8 Å². The first-order valence-electron chi connectivity index (χ1n) is 9.30. The Hall–Kier alpha value is -2.80. The van der Waals surface area contributed by atoms with Crippen molar-refractivity contribution in [2.45, 2.75) is 30.5 Å². The SMILES string of the molecule is COc1ccc(-c2nc(SCC(=O)N[C@H]3CCCc4ccccc43)n[nH]2)cc1. The van der Waals surface area contributed by atoms with Gasteiger partial charge < -0.3 is 10.1 Å². The Bertz CT molecular complexity index is 955. The minimum absolute atomic E-state index is 0.00232. The second kappa shape index (κ2) is 8.48. The van der Waals surface area contributed by atoms with Crippen molar-refractivity contribution in [3.8, 4) is 17.1 Å². The number of fused-ring (bicyclic) bond motifs is 1. The second-order valence-corrected chi connectivity index (χ2v) is 7.64. The van der Waals surface area contributed by atoms with Crippen molar-refractivity contribution in [3.05, 3.63) is 59.7 Å². The molecule has 1 atom stereocenters. The van der Waals surface area contributed by atoms with Crippen LogP contribution in [-0.2, 0) is 11.2 Å². The normalized spacial score (nSPS) is 15.7. The zero-order valence-electron chi connectivity index (χ0n) is 15.6. The number of aromatic nitrogens is 3. The van der Waals surface area contributed by atoms with Gasteiger partial charge in [-0.15, -0.1) is 5.10 Å². The molecule has 0 spiro atoms. The van der Waals surface area contributed by atoms with E-state index in [9.17, 15) is 4.79 Å². The summed E-state index contributed by atoms with van der Waals surface area (Å²) in [5, 5.41) is 10.8. The molecule has 1 aromatic heterocycles. The fraction of sp³-hybridized carbons (Fsp3) is 0.286. The molecule has 1 aliphatic carbocycles. The smallest absolute Gasteiger partial charge is 0.230 e. The number of nitrogens with one attached hydrogen (secondary N) is 2. The Balaban J connectivity index is 1.34. The van der Waals surface area contributed by atoms with E-state index >= 15 is 0 Å². The van der Waals surface area contributed by atoms with E-state index in [2.05, 4.69) is 38.7 Å². The first kappa shape index (κ1) is 18.6. The zero-order chi connectivity index (χ0) is 19.3. The Morgan fingerprint density at radius 1 is 1.25 bits per heavy atom. The number of aryl methyl sites for hydroxylation is 1. The fourth-order valence-electron chi connectivity index (χ4n) is 3.46. The van der Waals surface area contributed by atoms with Gasteiger partial charge in [0.2, 0.25) is 11.1 Å². The summed E-state index contributed by atoms with van der Waals surface area (Å²) in [6, 6.07) is 16.0. The second-order valence-electron chi connectivity index (χ2n) is 6.69. The predicted molar refractivity (Wildman–Crippen MR) is 109 cm³/mol. The summed E-state index contributed by atoms with van der Waals surface area (Å²) in [7, 11) is 1.63. The van der Waals surface area contributed by atoms with Gasteiger partial charge in [-0.2, -0.15) is 0 Å². The zero-order valence-corrected chi connectivity index (χ0v) is 16.5. The van der Waals surface area contributed by atoms with E-state index in [1.54, 1.807) is 7.11 Å². The molecule has 0 radical (unpaired) electrons. The van der Waals surface area contributed by atoms with Crippen molar-refractivity contribution in [3.63, 3.8) is 0 Å². The third kappa shape index (κ3) is 4.20. The topological polar surface area (TPSA) is 79.9 Å². The van der Waals surface area contributed by atoms with Gasteiger partial charge in [-0.1, -0.05) is 36.0 Å². The summed E-state index contributed by atoms with van der Waals surface area (Å²) in [6.45, 7) is 0. The van der Waals surface area contributed by atoms with E-state index in [0.717, 1.165) is 30.6 Å². The molecule has 28 heavy (non-hydrogen) atoms. The quantitative estimate of drug-likeness (QED) is 0.622. The number of rotatable bonds is 6. The molecule has 4 rings (SSSR count). The highest BCUT2D eigenvalue weighted by molar-refractivity contribution is 7.99. The van der Waals surface area contributed by atoms with E-state index in [-0.39, 0.29) is 11.9 Å². The molecule has 7 heteroatoms. The van der Waals surface area contributed by atoms with Crippen molar-refractivity contribution < 1.29 is 9.53 Å². The molecule has 1 heterocycles. The maximum Gasteiger partial charge on any atom is 0.230 e. The van der Waals surface area contributed by atoms with Crippen LogP contribution in [0.4, 0.5) is 0 Å². The number of carbonyl (C=O) groups excluding carboxylic acids is 1. The molecule has 0 bridgehead atoms. The maximum atomic E-state index is 12.4. The summed E-state index contributed by atoms with van der Waals surface area (Å²) in [6.07, 6.45) is 3.17. The van der Waals surface area contributed by atoms with Gasteiger partial charge in [0, 0.05) is 5.56 Å². The van der Waals surface area contributed by atoms with Gasteiger partial charge in [0.1, 0.15) is 5.75 Å². The number of nitrogens with zero attached hydrogens (tertiary/aromatic N) is 2. The lowest BCUT2D eigenvalue weighted by Crippen LogP contribution is -2.32. The van der Waals surface area contributed by atoms with Crippen molar-refractivity contribution in [1.82, 2.24) is 20.5 Å². The highest BCUT2D eigenvalue weighted by Gasteiger charge is 2.21. The molecule has 2 aromatic carbocycles. The Kier molecular flexibility index (Phi) is 5.62. The number of carbonyl (C=O) groups is 1. The van der Waals surface area contributed by atoms with Gasteiger partial charge in [-0.3, -0.25) is 9.89 Å². The summed E-state index contributed by atoms with van der Waals surface area (Å²) in [5.41, 5.74) is 3.50. The van der Waals surface area contributed by atoms with Gasteiger partial charge in [-0.05, 0) is 54.7 Å². The average molecular weight is 395 g/mol. The van der Waals surface area contributed by atoms with Gasteiger partial charge in [-0.25, -0.2) is 4.98 Å². The van der Waals surface area contributed by atoms with Crippen LogP contribution in [0, 0.1) is 0 Å². The van der Waals surface area contributed by atoms with Crippen LogP contribution in [0.2, 0.25) is 0 Å². The minimum atomic E-state index is 0.00232. The molecular weight excluding hydrogens is 372 g/mol. The number of thioether (sulfide) groups is 1. The summed E-state index contributed by atoms with van der Waals surface area (Å²) >= 11 is 1.33. The average Bonchev–Trinajstić information content (AvgIpc) is 3.22. The third-order valence-electron chi connectivity index (χ3n) is 4.87. The number of methoxy groups -OCH3 is 1. The molecule has 0 saturated heterocycles. The number of hydrogen-bond donors (Lipinski definition) is 2. The van der Waals surface area contributed by atoms with Crippen LogP contribution in [0.1, 0.15) is 30.0 Å². The first-order valence-corrected chi connectivity index (χ1v) is 10.3. The van der Waals surface area contributed by atoms with E-state index in [1.807, 2.05) is 30.3 Å². The summed E-state index contributed by atoms with van der Waals surface area (Å²) in [5.74, 6) is 1.76. The Morgan fingerprint density at radius 3 is 2.89 bits per heavy atom. The number of benzene rings is 2. The lowest BCUT2D eigenvalue weighted by Gasteiger charge is -2.26. The van der Waals surface area contributed by atoms with Gasteiger partial charge in [0.05, 0.1) is 18.9 Å². The minimum Gasteiger partial charge on any atom is -0.497 e. The molecule has 144 valence electrons. The van der Waals surface area contributed by atoms with Gasteiger partial charge in [0.25, 0.3) is 0 Å². The molecule has 0 aliphatic heterocycles. The lowest BCUT2D eigenvalue weighted by atomic mass is 9.88. The van der Waals surface area contributed by atoms with Crippen LogP contribution in [0.5, 0.6) is 5.75 Å². The van der Waals surface area contributed by atoms with Crippen molar-refractivity contribution >= 4 is 17.7 Å². The van der Waals surface area contributed by atoms with Gasteiger partial charge >= 0.3 is 0 Å². The van der Waals surface area contributed by atoms with Crippen molar-refractivity contribution in [2.75, 3.05) is 12.9 Å². The highest BCUT2D eigenvalue weighted by atomic mass is 32.2. The number of H-pyrrole nitrogens is 1. The largest absolute Gasteiger partial charge is 0.497 e. The number of aromatic amines is 1. The first-order chi connectivity index (χ1) is 13.7. The lowest BCUT2D eigenvalue weighted by molar-refractivity contribution is -0.119. The fourth-order valence-corrected chi connectivity index (χ4v) is 4.07. The number of amides is 1. The molecule has 6 nitrogen and oxygen atoms in total. The summed E-state index contributed by atoms with van der Waals surface area (Å²) < 4.78 is 5.16. The van der Waals surface area contributed by atoms with E-state index in [0.29, 0.717) is 16.7 Å². The highest BCUT2D eigenvalue weighted by Crippen LogP contribution is 2.29. The Labute approximate surface area is 168 Å². The van der Waals surface area contributed by atoms with E-state index in [4.69, 9.17) is 4.74 Å². The molecular formula is C21H22N4O2S. The van der Waals surface area contributed by atoms with Crippen LogP contribution in [-0.4, -0.2) is 34.0 Å². The molecule has 0 fully saturated rings.